The molecule has 0 aliphatic carbocycles. The monoisotopic (exact) mass is 416 g/mol. The van der Waals surface area contributed by atoms with Crippen molar-refractivity contribution in [3.8, 4) is 11.5 Å². The summed E-state index contributed by atoms with van der Waals surface area (Å²) in [7, 11) is 0. The average Bonchev–Trinajstić information content (AvgIpc) is 3.23. The van der Waals surface area contributed by atoms with Crippen LogP contribution in [0.3, 0.4) is 0 Å². The van der Waals surface area contributed by atoms with Crippen LogP contribution in [0.15, 0.2) is 42.5 Å². The number of fused-ring (bicyclic) bond motifs is 1. The number of esters is 1. The fraction of sp³-hybridized carbons (Fsp3) is 0.333. The van der Waals surface area contributed by atoms with E-state index in [-0.39, 0.29) is 23.3 Å². The van der Waals surface area contributed by atoms with E-state index < -0.39 is 12.1 Å². The van der Waals surface area contributed by atoms with Crippen molar-refractivity contribution in [1.82, 2.24) is 4.90 Å². The predicted octanol–water partition coefficient (Wildman–Crippen LogP) is 2.96. The maximum absolute atomic E-state index is 12.7. The summed E-state index contributed by atoms with van der Waals surface area (Å²) in [6.45, 7) is 4.25. The van der Waals surface area contributed by atoms with Crippen LogP contribution in [-0.4, -0.2) is 55.9 Å². The van der Waals surface area contributed by atoms with Gasteiger partial charge < -0.3 is 24.0 Å². The van der Waals surface area contributed by atoms with Crippen molar-refractivity contribution in [1.29, 1.82) is 0 Å². The summed E-state index contributed by atoms with van der Waals surface area (Å²) >= 11 is 6.11. The lowest BCUT2D eigenvalue weighted by Gasteiger charge is -2.37. The maximum Gasteiger partial charge on any atom is 0.339 e. The second kappa shape index (κ2) is 8.21. The van der Waals surface area contributed by atoms with Crippen LogP contribution < -0.4 is 14.4 Å². The van der Waals surface area contributed by atoms with Crippen LogP contribution in [0.25, 0.3) is 0 Å². The first-order chi connectivity index (χ1) is 14.0. The highest BCUT2D eigenvalue weighted by atomic mass is 35.5. The van der Waals surface area contributed by atoms with Crippen LogP contribution >= 0.6 is 11.6 Å². The predicted molar refractivity (Wildman–Crippen MR) is 108 cm³/mol. The molecule has 0 aromatic heterocycles. The number of carbonyl (C=O) groups excluding carboxylic acids is 2. The second-order valence-corrected chi connectivity index (χ2v) is 7.29. The number of carbonyl (C=O) groups is 2. The summed E-state index contributed by atoms with van der Waals surface area (Å²) in [5.74, 6) is -0.0454. The minimum atomic E-state index is -0.894. The minimum absolute atomic E-state index is 0.0530. The molecule has 1 unspecified atom stereocenters. The SMILES string of the molecule is CC(OC(=O)c1cc(Cl)c2c(c1)OCO2)C(=O)N1CCN(c2ccccc2)CC1. The van der Waals surface area contributed by atoms with Crippen LogP contribution in [-0.2, 0) is 9.53 Å². The first-order valence-corrected chi connectivity index (χ1v) is 9.79. The summed E-state index contributed by atoms with van der Waals surface area (Å²) in [5, 5.41) is 0.267. The molecule has 4 rings (SSSR count). The number of para-hydroxylation sites is 1. The fourth-order valence-corrected chi connectivity index (χ4v) is 3.71. The van der Waals surface area contributed by atoms with Gasteiger partial charge in [0.25, 0.3) is 5.91 Å². The summed E-state index contributed by atoms with van der Waals surface area (Å²) in [6, 6.07) is 13.0. The van der Waals surface area contributed by atoms with Gasteiger partial charge in [0.15, 0.2) is 17.6 Å². The van der Waals surface area contributed by atoms with Crippen LogP contribution in [0.4, 0.5) is 5.69 Å². The number of hydrogen-bond acceptors (Lipinski definition) is 6. The van der Waals surface area contributed by atoms with E-state index in [0.29, 0.717) is 24.6 Å². The van der Waals surface area contributed by atoms with Crippen LogP contribution in [0.1, 0.15) is 17.3 Å². The number of piperazine rings is 1. The summed E-state index contributed by atoms with van der Waals surface area (Å²) in [5.41, 5.74) is 1.35. The molecule has 152 valence electrons. The van der Waals surface area contributed by atoms with Crippen molar-refractivity contribution in [2.24, 2.45) is 0 Å². The summed E-state index contributed by atoms with van der Waals surface area (Å²) < 4.78 is 15.9. The third-order valence-corrected chi connectivity index (χ3v) is 5.29. The summed E-state index contributed by atoms with van der Waals surface area (Å²) in [4.78, 5) is 29.2. The second-order valence-electron chi connectivity index (χ2n) is 6.89. The number of halogens is 1. The molecule has 0 N–H and O–H groups in total. The van der Waals surface area contributed by atoms with Crippen molar-refractivity contribution in [3.05, 3.63) is 53.1 Å². The zero-order valence-corrected chi connectivity index (χ0v) is 16.7. The fourth-order valence-electron chi connectivity index (χ4n) is 3.45. The molecule has 0 spiro atoms. The van der Waals surface area contributed by atoms with Gasteiger partial charge in [-0.1, -0.05) is 29.8 Å². The van der Waals surface area contributed by atoms with E-state index in [1.165, 1.54) is 12.1 Å². The Balaban J connectivity index is 1.34. The molecule has 7 nitrogen and oxygen atoms in total. The lowest BCUT2D eigenvalue weighted by atomic mass is 10.2. The van der Waals surface area contributed by atoms with Gasteiger partial charge in [0, 0.05) is 31.9 Å². The molecule has 2 aliphatic rings. The zero-order valence-electron chi connectivity index (χ0n) is 16.0. The van der Waals surface area contributed by atoms with Gasteiger partial charge in [-0.15, -0.1) is 0 Å². The molecule has 2 aliphatic heterocycles. The third kappa shape index (κ3) is 4.10. The molecule has 0 saturated carbocycles. The number of benzene rings is 2. The van der Waals surface area contributed by atoms with E-state index >= 15 is 0 Å². The minimum Gasteiger partial charge on any atom is -0.454 e. The molecular formula is C21H21ClN2O5. The molecule has 0 bridgehead atoms. The molecule has 29 heavy (non-hydrogen) atoms. The lowest BCUT2D eigenvalue weighted by Crippen LogP contribution is -2.51. The Morgan fingerprint density at radius 3 is 2.52 bits per heavy atom. The number of anilines is 1. The number of hydrogen-bond donors (Lipinski definition) is 0. The molecule has 1 fully saturated rings. The molecule has 1 amide bonds. The Bertz CT molecular complexity index is 913. The Hall–Kier alpha value is -2.93. The Labute approximate surface area is 173 Å². The van der Waals surface area contributed by atoms with E-state index in [1.807, 2.05) is 18.2 Å². The quantitative estimate of drug-likeness (QED) is 0.714. The van der Waals surface area contributed by atoms with Crippen molar-refractivity contribution in [3.63, 3.8) is 0 Å². The van der Waals surface area contributed by atoms with E-state index in [4.69, 9.17) is 25.8 Å². The largest absolute Gasteiger partial charge is 0.454 e. The molecule has 1 atom stereocenters. The molecular weight excluding hydrogens is 396 g/mol. The van der Waals surface area contributed by atoms with E-state index in [2.05, 4.69) is 17.0 Å². The Morgan fingerprint density at radius 1 is 1.07 bits per heavy atom. The van der Waals surface area contributed by atoms with Gasteiger partial charge in [0.05, 0.1) is 10.6 Å². The van der Waals surface area contributed by atoms with Gasteiger partial charge in [0.1, 0.15) is 0 Å². The molecule has 8 heteroatoms. The first-order valence-electron chi connectivity index (χ1n) is 9.42. The highest BCUT2D eigenvalue weighted by molar-refractivity contribution is 6.32. The van der Waals surface area contributed by atoms with E-state index in [9.17, 15) is 9.59 Å². The van der Waals surface area contributed by atoms with E-state index in [1.54, 1.807) is 11.8 Å². The zero-order chi connectivity index (χ0) is 20.4. The Kier molecular flexibility index (Phi) is 5.49. The first kappa shape index (κ1) is 19.4. The molecule has 1 saturated heterocycles. The molecule has 2 aromatic rings. The van der Waals surface area contributed by atoms with Crippen LogP contribution in [0.2, 0.25) is 5.02 Å². The standard InChI is InChI=1S/C21H21ClN2O5/c1-14(29-21(26)15-11-17(22)19-18(12-15)27-13-28-19)20(25)24-9-7-23(8-10-24)16-5-3-2-4-6-16/h2-6,11-12,14H,7-10,13H2,1H3. The van der Waals surface area contributed by atoms with Crippen molar-refractivity contribution in [2.45, 2.75) is 13.0 Å². The van der Waals surface area contributed by atoms with Gasteiger partial charge >= 0.3 is 5.97 Å². The molecule has 2 aromatic carbocycles. The van der Waals surface area contributed by atoms with Crippen molar-refractivity contribution >= 4 is 29.2 Å². The van der Waals surface area contributed by atoms with Crippen LogP contribution in [0, 0.1) is 0 Å². The highest BCUT2D eigenvalue weighted by Gasteiger charge is 2.28. The molecule has 2 heterocycles. The Morgan fingerprint density at radius 2 is 1.79 bits per heavy atom. The number of ether oxygens (including phenoxy) is 3. The van der Waals surface area contributed by atoms with Gasteiger partial charge in [-0.25, -0.2) is 4.79 Å². The number of nitrogens with zero attached hydrogens (tertiary/aromatic N) is 2. The highest BCUT2D eigenvalue weighted by Crippen LogP contribution is 2.40. The van der Waals surface area contributed by atoms with Gasteiger partial charge in [-0.3, -0.25) is 4.79 Å². The van der Waals surface area contributed by atoms with Gasteiger partial charge in [-0.05, 0) is 31.2 Å². The number of rotatable bonds is 4. The van der Waals surface area contributed by atoms with Crippen LogP contribution in [0.5, 0.6) is 11.5 Å². The normalized spacial score (nSPS) is 16.5. The maximum atomic E-state index is 12.7. The third-order valence-electron chi connectivity index (χ3n) is 5.01. The van der Waals surface area contributed by atoms with Crippen molar-refractivity contribution < 1.29 is 23.8 Å². The molecule has 0 radical (unpaired) electrons. The topological polar surface area (TPSA) is 68.3 Å². The number of amides is 1. The van der Waals surface area contributed by atoms with E-state index in [0.717, 1.165) is 18.8 Å². The van der Waals surface area contributed by atoms with Gasteiger partial charge in [-0.2, -0.15) is 0 Å². The smallest absolute Gasteiger partial charge is 0.339 e. The summed E-state index contributed by atoms with van der Waals surface area (Å²) in [6.07, 6.45) is -0.894. The van der Waals surface area contributed by atoms with Gasteiger partial charge in [0.2, 0.25) is 6.79 Å². The lowest BCUT2D eigenvalue weighted by molar-refractivity contribution is -0.140. The van der Waals surface area contributed by atoms with Crippen molar-refractivity contribution in [2.75, 3.05) is 37.9 Å². The average molecular weight is 417 g/mol.